The van der Waals surface area contributed by atoms with Crippen LogP contribution in [-0.2, 0) is 9.53 Å². The molecule has 1 saturated heterocycles. The van der Waals surface area contributed by atoms with Gasteiger partial charge in [-0.3, -0.25) is 4.79 Å². The molecule has 2 rings (SSSR count). The standard InChI is InChI=1S/C22H41N3O3/c1-4-18-6-8-19(9-7-18)16-24-22(27)25-13-10-20(11-14-25)21(26)23-12-5-15-28-17(2)3/h17-20H,4-16H2,1-3H3,(H,23,26)(H,24,27). The van der Waals surface area contributed by atoms with Crippen LogP contribution in [0.4, 0.5) is 4.79 Å². The fourth-order valence-corrected chi connectivity index (χ4v) is 4.28. The molecule has 6 heteroatoms. The van der Waals surface area contributed by atoms with E-state index in [1.165, 1.54) is 32.1 Å². The Balaban J connectivity index is 1.57. The van der Waals surface area contributed by atoms with E-state index in [4.69, 9.17) is 4.74 Å². The molecule has 0 spiro atoms. The maximum Gasteiger partial charge on any atom is 0.317 e. The zero-order valence-corrected chi connectivity index (χ0v) is 18.2. The molecule has 6 nitrogen and oxygen atoms in total. The fraction of sp³-hybridized carbons (Fsp3) is 0.909. The highest BCUT2D eigenvalue weighted by Gasteiger charge is 2.27. The van der Waals surface area contributed by atoms with Crippen molar-refractivity contribution in [2.75, 3.05) is 32.8 Å². The molecule has 0 unspecified atom stereocenters. The lowest BCUT2D eigenvalue weighted by Crippen LogP contribution is -2.48. The lowest BCUT2D eigenvalue weighted by Gasteiger charge is -2.33. The second kappa shape index (κ2) is 12.3. The Kier molecular flexibility index (Phi) is 10.1. The molecule has 162 valence electrons. The Bertz CT molecular complexity index is 468. The lowest BCUT2D eigenvalue weighted by molar-refractivity contribution is -0.126. The summed E-state index contributed by atoms with van der Waals surface area (Å²) in [5, 5.41) is 6.14. The van der Waals surface area contributed by atoms with E-state index in [2.05, 4.69) is 17.6 Å². The summed E-state index contributed by atoms with van der Waals surface area (Å²) in [5.41, 5.74) is 0. The summed E-state index contributed by atoms with van der Waals surface area (Å²) in [7, 11) is 0. The van der Waals surface area contributed by atoms with Gasteiger partial charge < -0.3 is 20.3 Å². The van der Waals surface area contributed by atoms with Crippen LogP contribution < -0.4 is 10.6 Å². The minimum absolute atomic E-state index is 0.0272. The van der Waals surface area contributed by atoms with Gasteiger partial charge in [-0.15, -0.1) is 0 Å². The Hall–Kier alpha value is -1.30. The number of hydrogen-bond donors (Lipinski definition) is 2. The number of piperidine rings is 1. The van der Waals surface area contributed by atoms with Crippen molar-refractivity contribution in [3.63, 3.8) is 0 Å². The molecule has 0 aromatic carbocycles. The van der Waals surface area contributed by atoms with E-state index < -0.39 is 0 Å². The first kappa shape index (κ1) is 23.0. The van der Waals surface area contributed by atoms with Crippen LogP contribution in [0.2, 0.25) is 0 Å². The highest BCUT2D eigenvalue weighted by Crippen LogP contribution is 2.30. The molecule has 0 radical (unpaired) electrons. The molecule has 3 amide bonds. The number of likely N-dealkylation sites (tertiary alicyclic amines) is 1. The summed E-state index contributed by atoms with van der Waals surface area (Å²) in [5.74, 6) is 1.67. The normalized spacial score (nSPS) is 23.6. The topological polar surface area (TPSA) is 70.7 Å². The second-order valence-electron chi connectivity index (χ2n) is 8.81. The number of hydrogen-bond acceptors (Lipinski definition) is 3. The Morgan fingerprint density at radius 2 is 1.64 bits per heavy atom. The summed E-state index contributed by atoms with van der Waals surface area (Å²) < 4.78 is 5.48. The van der Waals surface area contributed by atoms with E-state index in [-0.39, 0.29) is 24.0 Å². The van der Waals surface area contributed by atoms with Crippen LogP contribution in [0, 0.1) is 17.8 Å². The van der Waals surface area contributed by atoms with Crippen molar-refractivity contribution in [1.82, 2.24) is 15.5 Å². The summed E-state index contributed by atoms with van der Waals surface area (Å²) >= 11 is 0. The van der Waals surface area contributed by atoms with Gasteiger partial charge in [0, 0.05) is 38.7 Å². The molecule has 1 aliphatic heterocycles. The van der Waals surface area contributed by atoms with Gasteiger partial charge in [-0.05, 0) is 57.8 Å². The predicted molar refractivity (Wildman–Crippen MR) is 112 cm³/mol. The number of amides is 3. The molecule has 2 fully saturated rings. The van der Waals surface area contributed by atoms with Crippen LogP contribution in [-0.4, -0.2) is 55.7 Å². The van der Waals surface area contributed by atoms with Gasteiger partial charge in [0.05, 0.1) is 6.10 Å². The minimum atomic E-state index is 0.0272. The van der Waals surface area contributed by atoms with Crippen molar-refractivity contribution >= 4 is 11.9 Å². The molecule has 1 heterocycles. The maximum atomic E-state index is 12.4. The van der Waals surface area contributed by atoms with Crippen LogP contribution >= 0.6 is 0 Å². The van der Waals surface area contributed by atoms with Crippen LogP contribution in [0.3, 0.4) is 0 Å². The smallest absolute Gasteiger partial charge is 0.317 e. The summed E-state index contributed by atoms with van der Waals surface area (Å²) in [6, 6.07) is 0.0438. The molecule has 0 aromatic rings. The van der Waals surface area contributed by atoms with Crippen molar-refractivity contribution in [3.8, 4) is 0 Å². The maximum absolute atomic E-state index is 12.4. The SMILES string of the molecule is CCC1CCC(CNC(=O)N2CCC(C(=O)NCCCOC(C)C)CC2)CC1. The average molecular weight is 396 g/mol. The zero-order valence-electron chi connectivity index (χ0n) is 18.2. The third kappa shape index (κ3) is 7.98. The number of carbonyl (C=O) groups is 2. The molecule has 0 atom stereocenters. The highest BCUT2D eigenvalue weighted by atomic mass is 16.5. The van der Waals surface area contributed by atoms with E-state index >= 15 is 0 Å². The molecule has 28 heavy (non-hydrogen) atoms. The molecule has 2 N–H and O–H groups in total. The van der Waals surface area contributed by atoms with Crippen LogP contribution in [0.25, 0.3) is 0 Å². The second-order valence-corrected chi connectivity index (χ2v) is 8.81. The zero-order chi connectivity index (χ0) is 20.4. The fourth-order valence-electron chi connectivity index (χ4n) is 4.28. The van der Waals surface area contributed by atoms with Gasteiger partial charge in [0.1, 0.15) is 0 Å². The predicted octanol–water partition coefficient (Wildman–Crippen LogP) is 3.56. The minimum Gasteiger partial charge on any atom is -0.379 e. The Morgan fingerprint density at radius 3 is 2.25 bits per heavy atom. The van der Waals surface area contributed by atoms with E-state index in [1.807, 2.05) is 18.7 Å². The van der Waals surface area contributed by atoms with Gasteiger partial charge in [0.15, 0.2) is 0 Å². The molecular formula is C22H41N3O3. The third-order valence-electron chi connectivity index (χ3n) is 6.31. The Labute approximate surface area is 171 Å². The first-order chi connectivity index (χ1) is 13.5. The van der Waals surface area contributed by atoms with Crippen molar-refractivity contribution in [2.45, 2.75) is 78.2 Å². The van der Waals surface area contributed by atoms with Crippen molar-refractivity contribution < 1.29 is 14.3 Å². The largest absolute Gasteiger partial charge is 0.379 e. The quantitative estimate of drug-likeness (QED) is 0.587. The van der Waals surface area contributed by atoms with Crippen LogP contribution in [0.1, 0.15) is 72.1 Å². The van der Waals surface area contributed by atoms with Gasteiger partial charge in [-0.2, -0.15) is 0 Å². The molecule has 2 aliphatic rings. The first-order valence-corrected chi connectivity index (χ1v) is 11.4. The van der Waals surface area contributed by atoms with Gasteiger partial charge >= 0.3 is 6.03 Å². The van der Waals surface area contributed by atoms with E-state index in [0.29, 0.717) is 32.2 Å². The molecule has 0 aromatic heterocycles. The lowest BCUT2D eigenvalue weighted by atomic mass is 9.81. The summed E-state index contributed by atoms with van der Waals surface area (Å²) in [6.45, 7) is 9.78. The molecule has 0 bridgehead atoms. The van der Waals surface area contributed by atoms with Crippen molar-refractivity contribution in [3.05, 3.63) is 0 Å². The van der Waals surface area contributed by atoms with Crippen LogP contribution in [0.15, 0.2) is 0 Å². The van der Waals surface area contributed by atoms with E-state index in [9.17, 15) is 9.59 Å². The third-order valence-corrected chi connectivity index (χ3v) is 6.31. The Morgan fingerprint density at radius 1 is 1.00 bits per heavy atom. The van der Waals surface area contributed by atoms with Crippen molar-refractivity contribution in [1.29, 1.82) is 0 Å². The monoisotopic (exact) mass is 395 g/mol. The number of rotatable bonds is 9. The van der Waals surface area contributed by atoms with Crippen LogP contribution in [0.5, 0.6) is 0 Å². The average Bonchev–Trinajstić information content (AvgIpc) is 2.71. The van der Waals surface area contributed by atoms with Gasteiger partial charge in [0.2, 0.25) is 5.91 Å². The highest BCUT2D eigenvalue weighted by molar-refractivity contribution is 5.79. The number of urea groups is 1. The summed E-state index contributed by atoms with van der Waals surface area (Å²) in [4.78, 5) is 26.6. The molecule has 1 saturated carbocycles. The van der Waals surface area contributed by atoms with Gasteiger partial charge in [0.25, 0.3) is 0 Å². The van der Waals surface area contributed by atoms with Gasteiger partial charge in [-0.1, -0.05) is 26.2 Å². The number of nitrogens with zero attached hydrogens (tertiary/aromatic N) is 1. The number of carbonyl (C=O) groups excluding carboxylic acids is 2. The number of nitrogens with one attached hydrogen (secondary N) is 2. The first-order valence-electron chi connectivity index (χ1n) is 11.4. The number of ether oxygens (including phenoxy) is 1. The van der Waals surface area contributed by atoms with Crippen molar-refractivity contribution in [2.24, 2.45) is 17.8 Å². The van der Waals surface area contributed by atoms with E-state index in [1.54, 1.807) is 0 Å². The molecule has 1 aliphatic carbocycles. The molecular weight excluding hydrogens is 354 g/mol. The van der Waals surface area contributed by atoms with E-state index in [0.717, 1.165) is 31.7 Å². The summed E-state index contributed by atoms with van der Waals surface area (Å²) in [6.07, 6.45) is 8.96. The van der Waals surface area contributed by atoms with Gasteiger partial charge in [-0.25, -0.2) is 4.79 Å².